The molecule has 0 saturated carbocycles. The molecule has 0 bridgehead atoms. The molecule has 0 unspecified atom stereocenters. The van der Waals surface area contributed by atoms with Crippen LogP contribution in [0.4, 0.5) is 0 Å². The van der Waals surface area contributed by atoms with E-state index in [1.165, 1.54) is 6.26 Å². The number of hydrogen-bond donors (Lipinski definition) is 2. The first-order chi connectivity index (χ1) is 10.5. The predicted molar refractivity (Wildman–Crippen MR) is 106 cm³/mol. The molecule has 1 rings (SSSR count). The van der Waals surface area contributed by atoms with Crippen molar-refractivity contribution in [3.63, 3.8) is 0 Å². The number of hydrogen-bond acceptors (Lipinski definition) is 4. The van der Waals surface area contributed by atoms with Crippen molar-refractivity contribution in [1.29, 1.82) is 0 Å². The highest BCUT2D eigenvalue weighted by Gasteiger charge is 2.04. The predicted octanol–water partition coefficient (Wildman–Crippen LogP) is 1.46. The molecule has 0 radical (unpaired) electrons. The van der Waals surface area contributed by atoms with Crippen LogP contribution in [-0.2, 0) is 16.3 Å². The van der Waals surface area contributed by atoms with Gasteiger partial charge in [0.2, 0.25) is 0 Å². The Bertz CT molecular complexity index is 591. The van der Waals surface area contributed by atoms with E-state index in [0.717, 1.165) is 17.7 Å². The molecule has 0 amide bonds. The minimum atomic E-state index is -2.90. The fourth-order valence-corrected chi connectivity index (χ4v) is 2.66. The van der Waals surface area contributed by atoms with Crippen LogP contribution in [0.5, 0.6) is 5.75 Å². The van der Waals surface area contributed by atoms with E-state index in [1.54, 1.807) is 14.2 Å². The van der Waals surface area contributed by atoms with Gasteiger partial charge >= 0.3 is 0 Å². The highest BCUT2D eigenvalue weighted by atomic mass is 127. The van der Waals surface area contributed by atoms with Crippen LogP contribution in [0.3, 0.4) is 0 Å². The molecular weight excluding hydrogens is 429 g/mol. The molecular formula is C15H26IN3O3S. The number of nitrogens with zero attached hydrogens (tertiary/aromatic N) is 1. The molecule has 0 aromatic heterocycles. The maximum absolute atomic E-state index is 11.0. The summed E-state index contributed by atoms with van der Waals surface area (Å²) in [6, 6.07) is 7.89. The molecule has 0 atom stereocenters. The molecule has 8 heteroatoms. The SMILES string of the molecule is CN=C(NCCCS(C)(=O)=O)NCCc1ccccc1OC.I. The van der Waals surface area contributed by atoms with Gasteiger partial charge in [-0.15, -0.1) is 24.0 Å². The number of para-hydroxylation sites is 1. The zero-order valence-corrected chi connectivity index (χ0v) is 17.0. The Morgan fingerprint density at radius 1 is 1.22 bits per heavy atom. The zero-order chi connectivity index (χ0) is 16.4. The van der Waals surface area contributed by atoms with Gasteiger partial charge in [-0.3, -0.25) is 4.99 Å². The summed E-state index contributed by atoms with van der Waals surface area (Å²) in [4.78, 5) is 4.11. The van der Waals surface area contributed by atoms with Crippen molar-refractivity contribution in [3.8, 4) is 5.75 Å². The van der Waals surface area contributed by atoms with Crippen LogP contribution in [0.1, 0.15) is 12.0 Å². The van der Waals surface area contributed by atoms with E-state index in [1.807, 2.05) is 24.3 Å². The second kappa shape index (κ2) is 11.5. The van der Waals surface area contributed by atoms with Gasteiger partial charge in [-0.1, -0.05) is 18.2 Å². The van der Waals surface area contributed by atoms with Gasteiger partial charge in [0, 0.05) is 26.4 Å². The van der Waals surface area contributed by atoms with Crippen LogP contribution < -0.4 is 15.4 Å². The van der Waals surface area contributed by atoms with Gasteiger partial charge in [0.25, 0.3) is 0 Å². The summed E-state index contributed by atoms with van der Waals surface area (Å²) in [5.74, 6) is 1.72. The van der Waals surface area contributed by atoms with Crippen molar-refractivity contribution >= 4 is 39.8 Å². The molecule has 1 aromatic rings. The van der Waals surface area contributed by atoms with Gasteiger partial charge in [0.15, 0.2) is 5.96 Å². The van der Waals surface area contributed by atoms with Gasteiger partial charge < -0.3 is 15.4 Å². The highest BCUT2D eigenvalue weighted by Crippen LogP contribution is 2.17. The van der Waals surface area contributed by atoms with Crippen molar-refractivity contribution < 1.29 is 13.2 Å². The van der Waals surface area contributed by atoms with Crippen LogP contribution in [0.25, 0.3) is 0 Å². The minimum Gasteiger partial charge on any atom is -0.496 e. The van der Waals surface area contributed by atoms with Gasteiger partial charge in [0.1, 0.15) is 15.6 Å². The summed E-state index contributed by atoms with van der Waals surface area (Å²) >= 11 is 0. The van der Waals surface area contributed by atoms with Gasteiger partial charge in [-0.05, 0) is 24.5 Å². The van der Waals surface area contributed by atoms with Crippen molar-refractivity contribution in [2.75, 3.05) is 39.3 Å². The van der Waals surface area contributed by atoms with E-state index in [4.69, 9.17) is 4.74 Å². The molecule has 1 aromatic carbocycles. The molecule has 0 fully saturated rings. The van der Waals surface area contributed by atoms with Crippen molar-refractivity contribution in [1.82, 2.24) is 10.6 Å². The van der Waals surface area contributed by atoms with Crippen LogP contribution in [0, 0.1) is 0 Å². The lowest BCUT2D eigenvalue weighted by atomic mass is 10.1. The Morgan fingerprint density at radius 2 is 1.87 bits per heavy atom. The van der Waals surface area contributed by atoms with Gasteiger partial charge in [-0.25, -0.2) is 8.42 Å². The Labute approximate surface area is 156 Å². The highest BCUT2D eigenvalue weighted by molar-refractivity contribution is 14.0. The Balaban J connectivity index is 0.00000484. The Kier molecular flexibility index (Phi) is 11.0. The lowest BCUT2D eigenvalue weighted by molar-refractivity contribution is 0.409. The summed E-state index contributed by atoms with van der Waals surface area (Å²) in [6.45, 7) is 1.29. The minimum absolute atomic E-state index is 0. The number of rotatable bonds is 8. The molecule has 0 heterocycles. The van der Waals surface area contributed by atoms with Gasteiger partial charge in [0.05, 0.1) is 12.9 Å². The lowest BCUT2D eigenvalue weighted by Gasteiger charge is -2.13. The summed E-state index contributed by atoms with van der Waals surface area (Å²) in [6.07, 6.45) is 2.62. The van der Waals surface area contributed by atoms with E-state index in [0.29, 0.717) is 25.5 Å². The van der Waals surface area contributed by atoms with E-state index in [2.05, 4.69) is 15.6 Å². The quantitative estimate of drug-likeness (QED) is 0.269. The third-order valence-corrected chi connectivity index (χ3v) is 4.12. The first-order valence-corrected chi connectivity index (χ1v) is 9.26. The number of methoxy groups -OCH3 is 1. The van der Waals surface area contributed by atoms with Crippen LogP contribution in [-0.4, -0.2) is 53.6 Å². The fourth-order valence-electron chi connectivity index (χ4n) is 1.99. The van der Waals surface area contributed by atoms with E-state index in [9.17, 15) is 8.42 Å². The normalized spacial score (nSPS) is 11.5. The standard InChI is InChI=1S/C15H25N3O3S.HI/c1-16-15(17-10-6-12-22(3,19)20)18-11-9-13-7-4-5-8-14(13)21-2;/h4-5,7-8H,6,9-12H2,1-3H3,(H2,16,17,18);1H. The monoisotopic (exact) mass is 455 g/mol. The molecule has 2 N–H and O–H groups in total. The van der Waals surface area contributed by atoms with Crippen molar-refractivity contribution in [3.05, 3.63) is 29.8 Å². The molecule has 0 aliphatic heterocycles. The first-order valence-electron chi connectivity index (χ1n) is 7.20. The van der Waals surface area contributed by atoms with Gasteiger partial charge in [-0.2, -0.15) is 0 Å². The first kappa shape index (κ1) is 22.0. The summed E-state index contributed by atoms with van der Waals surface area (Å²) in [5.41, 5.74) is 1.13. The average Bonchev–Trinajstić information content (AvgIpc) is 2.49. The maximum atomic E-state index is 11.0. The average molecular weight is 455 g/mol. The molecule has 0 spiro atoms. The second-order valence-electron chi connectivity index (χ2n) is 4.97. The number of ether oxygens (including phenoxy) is 1. The number of benzene rings is 1. The maximum Gasteiger partial charge on any atom is 0.190 e. The summed E-state index contributed by atoms with van der Waals surface area (Å²) in [5, 5.41) is 6.30. The largest absolute Gasteiger partial charge is 0.496 e. The number of halogens is 1. The van der Waals surface area contributed by atoms with E-state index >= 15 is 0 Å². The molecule has 0 aliphatic carbocycles. The second-order valence-corrected chi connectivity index (χ2v) is 7.23. The Hall–Kier alpha value is -1.03. The Morgan fingerprint density at radius 3 is 2.48 bits per heavy atom. The number of nitrogens with one attached hydrogen (secondary N) is 2. The van der Waals surface area contributed by atoms with Crippen LogP contribution in [0.15, 0.2) is 29.3 Å². The number of guanidine groups is 1. The number of sulfone groups is 1. The molecule has 132 valence electrons. The zero-order valence-electron chi connectivity index (χ0n) is 13.8. The van der Waals surface area contributed by atoms with E-state index in [-0.39, 0.29) is 29.7 Å². The number of aliphatic imine (C=N–C) groups is 1. The van der Waals surface area contributed by atoms with E-state index < -0.39 is 9.84 Å². The topological polar surface area (TPSA) is 79.8 Å². The smallest absolute Gasteiger partial charge is 0.190 e. The summed E-state index contributed by atoms with van der Waals surface area (Å²) in [7, 11) is 0.447. The van der Waals surface area contributed by atoms with Crippen molar-refractivity contribution in [2.24, 2.45) is 4.99 Å². The third kappa shape index (κ3) is 9.65. The molecule has 0 aliphatic rings. The van der Waals surface area contributed by atoms with Crippen LogP contribution in [0.2, 0.25) is 0 Å². The molecule has 6 nitrogen and oxygen atoms in total. The fraction of sp³-hybridized carbons (Fsp3) is 0.533. The van der Waals surface area contributed by atoms with Crippen LogP contribution >= 0.6 is 24.0 Å². The molecule has 0 saturated heterocycles. The van der Waals surface area contributed by atoms with Crippen molar-refractivity contribution in [2.45, 2.75) is 12.8 Å². The lowest BCUT2D eigenvalue weighted by Crippen LogP contribution is -2.39. The third-order valence-electron chi connectivity index (χ3n) is 3.09. The summed E-state index contributed by atoms with van der Waals surface area (Å²) < 4.78 is 27.4. The molecule has 23 heavy (non-hydrogen) atoms.